The van der Waals surface area contributed by atoms with Gasteiger partial charge in [-0.05, 0) is 12.1 Å². The molecule has 0 bridgehead atoms. The van der Waals surface area contributed by atoms with Crippen molar-refractivity contribution >= 4 is 23.2 Å². The Hall–Kier alpha value is -1.14. The summed E-state index contributed by atoms with van der Waals surface area (Å²) in [6.07, 6.45) is 4.74. The second-order valence-electron chi connectivity index (χ2n) is 4.67. The quantitative estimate of drug-likeness (QED) is 0.624. The Labute approximate surface area is 126 Å². The summed E-state index contributed by atoms with van der Waals surface area (Å²) in [5.74, 6) is -0.736. The third-order valence-electron chi connectivity index (χ3n) is 3.27. The van der Waals surface area contributed by atoms with Gasteiger partial charge in [-0.1, -0.05) is 42.6 Å². The molecular weight excluding hydrogens is 301 g/mol. The summed E-state index contributed by atoms with van der Waals surface area (Å²) in [6, 6.07) is 5.05. The maximum atomic E-state index is 6.32. The molecule has 0 radical (unpaired) electrons. The first-order chi connectivity index (χ1) is 9.66. The van der Waals surface area contributed by atoms with Crippen LogP contribution in [-0.2, 0) is 9.78 Å². The van der Waals surface area contributed by atoms with Gasteiger partial charge in [0.15, 0.2) is 0 Å². The molecule has 2 aromatic rings. The fourth-order valence-corrected chi connectivity index (χ4v) is 2.88. The van der Waals surface area contributed by atoms with Crippen molar-refractivity contribution in [3.8, 4) is 0 Å². The molecule has 1 aromatic carbocycles. The largest absolute Gasteiger partial charge is 0.260 e. The molecule has 7 heteroatoms. The van der Waals surface area contributed by atoms with Crippen LogP contribution < -0.4 is 0 Å². The lowest BCUT2D eigenvalue weighted by Gasteiger charge is -2.21. The van der Waals surface area contributed by atoms with E-state index in [1.54, 1.807) is 23.1 Å². The van der Waals surface area contributed by atoms with Crippen LogP contribution in [-0.4, -0.2) is 20.6 Å². The maximum absolute atomic E-state index is 6.32. The molecule has 0 aliphatic carbocycles. The van der Waals surface area contributed by atoms with E-state index >= 15 is 0 Å². The van der Waals surface area contributed by atoms with Crippen LogP contribution in [0.25, 0.3) is 0 Å². The highest BCUT2D eigenvalue weighted by atomic mass is 35.5. The third-order valence-corrected chi connectivity index (χ3v) is 3.83. The first-order valence-electron chi connectivity index (χ1n) is 6.32. The minimum atomic E-state index is -0.736. The van der Waals surface area contributed by atoms with Crippen molar-refractivity contribution in [2.75, 3.05) is 0 Å². The monoisotopic (exact) mass is 313 g/mol. The van der Waals surface area contributed by atoms with Crippen LogP contribution in [0.2, 0.25) is 10.0 Å². The van der Waals surface area contributed by atoms with E-state index in [9.17, 15) is 0 Å². The maximum Gasteiger partial charge on any atom is 0.260 e. The minimum absolute atomic E-state index is 0.297. The zero-order chi connectivity index (χ0) is 14.2. The highest BCUT2D eigenvalue weighted by Crippen LogP contribution is 2.48. The number of benzene rings is 1. The predicted molar refractivity (Wildman–Crippen MR) is 74.4 cm³/mol. The lowest BCUT2D eigenvalue weighted by molar-refractivity contribution is 0.0850. The van der Waals surface area contributed by atoms with Crippen molar-refractivity contribution in [1.82, 2.24) is 14.8 Å². The molecule has 1 saturated heterocycles. The van der Waals surface area contributed by atoms with Gasteiger partial charge in [-0.15, -0.1) is 0 Å². The predicted octanol–water partition coefficient (Wildman–Crippen LogP) is 3.63. The van der Waals surface area contributed by atoms with Crippen LogP contribution in [0.5, 0.6) is 0 Å². The van der Waals surface area contributed by atoms with Gasteiger partial charge in [-0.2, -0.15) is 14.9 Å². The number of hydrogen-bond acceptors (Lipinski definition) is 4. The zero-order valence-electron chi connectivity index (χ0n) is 10.8. The number of aromatic nitrogens is 3. The van der Waals surface area contributed by atoms with E-state index in [0.717, 1.165) is 18.4 Å². The van der Waals surface area contributed by atoms with Crippen LogP contribution in [0.15, 0.2) is 30.9 Å². The summed E-state index contributed by atoms with van der Waals surface area (Å²) in [6.45, 7) is 2.06. The average molecular weight is 314 g/mol. The standard InChI is InChI=1S/C13H13Cl2N3O2/c1-2-5-13(19-20-13)12(18-8-16-7-17-18)10-4-3-9(14)6-11(10)15/h3-4,6-8,12H,2,5H2,1H3. The Morgan fingerprint density at radius 2 is 2.15 bits per heavy atom. The Morgan fingerprint density at radius 1 is 1.35 bits per heavy atom. The van der Waals surface area contributed by atoms with Gasteiger partial charge >= 0.3 is 0 Å². The van der Waals surface area contributed by atoms with E-state index in [2.05, 4.69) is 17.0 Å². The molecule has 2 heterocycles. The molecule has 5 nitrogen and oxygen atoms in total. The zero-order valence-corrected chi connectivity index (χ0v) is 12.3. The summed E-state index contributed by atoms with van der Waals surface area (Å²) in [5, 5.41) is 5.33. The first kappa shape index (κ1) is 13.8. The molecule has 1 unspecified atom stereocenters. The summed E-state index contributed by atoms with van der Waals surface area (Å²) >= 11 is 12.3. The van der Waals surface area contributed by atoms with E-state index in [1.165, 1.54) is 6.33 Å². The Morgan fingerprint density at radius 3 is 2.70 bits per heavy atom. The molecule has 106 valence electrons. The molecule has 1 fully saturated rings. The Balaban J connectivity index is 2.06. The fraction of sp³-hybridized carbons (Fsp3) is 0.385. The summed E-state index contributed by atoms with van der Waals surface area (Å²) in [7, 11) is 0. The second kappa shape index (κ2) is 5.33. The number of nitrogens with zero attached hydrogens (tertiary/aromatic N) is 3. The number of halogens is 2. The van der Waals surface area contributed by atoms with E-state index in [1.807, 2.05) is 6.07 Å². The van der Waals surface area contributed by atoms with Gasteiger partial charge in [0.1, 0.15) is 18.7 Å². The van der Waals surface area contributed by atoms with Crippen molar-refractivity contribution in [3.05, 3.63) is 46.5 Å². The van der Waals surface area contributed by atoms with Crippen LogP contribution in [0.4, 0.5) is 0 Å². The molecule has 1 aliphatic rings. The molecule has 0 saturated carbocycles. The van der Waals surface area contributed by atoms with E-state index in [-0.39, 0.29) is 6.04 Å². The third kappa shape index (κ3) is 2.42. The smallest absolute Gasteiger partial charge is 0.240 e. The molecule has 20 heavy (non-hydrogen) atoms. The van der Waals surface area contributed by atoms with Gasteiger partial charge in [0.2, 0.25) is 0 Å². The highest BCUT2D eigenvalue weighted by molar-refractivity contribution is 6.35. The van der Waals surface area contributed by atoms with E-state index in [0.29, 0.717) is 10.0 Å². The second-order valence-corrected chi connectivity index (χ2v) is 5.52. The molecule has 0 amide bonds. The van der Waals surface area contributed by atoms with Crippen molar-refractivity contribution in [3.63, 3.8) is 0 Å². The van der Waals surface area contributed by atoms with Gasteiger partial charge in [0.25, 0.3) is 5.79 Å². The molecule has 0 spiro atoms. The molecule has 3 rings (SSSR count). The highest BCUT2D eigenvalue weighted by Gasteiger charge is 2.57. The number of rotatable bonds is 5. The van der Waals surface area contributed by atoms with E-state index < -0.39 is 5.79 Å². The minimum Gasteiger partial charge on any atom is -0.240 e. The molecule has 1 aliphatic heterocycles. The van der Waals surface area contributed by atoms with Gasteiger partial charge in [-0.3, -0.25) is 0 Å². The van der Waals surface area contributed by atoms with Gasteiger partial charge in [0.05, 0.1) is 0 Å². The summed E-state index contributed by atoms with van der Waals surface area (Å²) in [5.41, 5.74) is 0.840. The number of hydrogen-bond donors (Lipinski definition) is 0. The lowest BCUT2D eigenvalue weighted by Crippen LogP contribution is -2.29. The van der Waals surface area contributed by atoms with Crippen LogP contribution in [0, 0.1) is 0 Å². The van der Waals surface area contributed by atoms with Crippen LogP contribution >= 0.6 is 23.2 Å². The SMILES string of the molecule is CCCC1(C(c2ccc(Cl)cc2Cl)n2cncn2)OO1. The van der Waals surface area contributed by atoms with Crippen molar-refractivity contribution in [2.24, 2.45) is 0 Å². The lowest BCUT2D eigenvalue weighted by atomic mass is 9.96. The molecule has 1 aromatic heterocycles. The van der Waals surface area contributed by atoms with Gasteiger partial charge < -0.3 is 0 Å². The Bertz CT molecular complexity index is 600. The first-order valence-corrected chi connectivity index (χ1v) is 7.08. The van der Waals surface area contributed by atoms with Gasteiger partial charge in [0, 0.05) is 22.0 Å². The normalized spacial score (nSPS) is 17.9. The van der Waals surface area contributed by atoms with Gasteiger partial charge in [-0.25, -0.2) is 9.67 Å². The van der Waals surface area contributed by atoms with Crippen LogP contribution in [0.3, 0.4) is 0 Å². The summed E-state index contributed by atoms with van der Waals surface area (Å²) in [4.78, 5) is 14.6. The fourth-order valence-electron chi connectivity index (χ4n) is 2.37. The molecule has 0 N–H and O–H groups in total. The topological polar surface area (TPSA) is 55.8 Å². The molecule has 1 atom stereocenters. The van der Waals surface area contributed by atoms with E-state index in [4.69, 9.17) is 33.0 Å². The molecular formula is C13H13Cl2N3O2. The Kier molecular flexibility index (Phi) is 3.69. The van der Waals surface area contributed by atoms with Crippen LogP contribution in [0.1, 0.15) is 31.4 Å². The van der Waals surface area contributed by atoms with Crippen molar-refractivity contribution in [1.29, 1.82) is 0 Å². The average Bonchev–Trinajstić information content (AvgIpc) is 2.98. The van der Waals surface area contributed by atoms with Crippen molar-refractivity contribution in [2.45, 2.75) is 31.6 Å². The summed E-state index contributed by atoms with van der Waals surface area (Å²) < 4.78 is 1.69. The van der Waals surface area contributed by atoms with Crippen molar-refractivity contribution < 1.29 is 9.78 Å².